The van der Waals surface area contributed by atoms with Crippen molar-refractivity contribution < 1.29 is 27.8 Å². The molecule has 110 valence electrons. The van der Waals surface area contributed by atoms with Gasteiger partial charge >= 0.3 is 5.97 Å². The third kappa shape index (κ3) is 2.67. The van der Waals surface area contributed by atoms with Crippen molar-refractivity contribution >= 4 is 16.0 Å². The second-order valence-electron chi connectivity index (χ2n) is 4.95. The standard InChI is InChI=1S/C12H14FNO5S/c1-7-4-8(5-9(10(7)13)11(16)17)20(18,19)14-12(6-15)2-3-12/h4-5,14-15H,2-3,6H2,1H3,(H,16,17). The van der Waals surface area contributed by atoms with E-state index in [-0.39, 0.29) is 17.1 Å². The van der Waals surface area contributed by atoms with Gasteiger partial charge in [0, 0.05) is 0 Å². The number of carbonyl (C=O) groups is 1. The Kier molecular flexibility index (Phi) is 3.57. The average molecular weight is 303 g/mol. The van der Waals surface area contributed by atoms with Gasteiger partial charge in [0.25, 0.3) is 0 Å². The van der Waals surface area contributed by atoms with Crippen molar-refractivity contribution in [3.8, 4) is 0 Å². The van der Waals surface area contributed by atoms with E-state index < -0.39 is 32.9 Å². The van der Waals surface area contributed by atoms with E-state index in [1.807, 2.05) is 0 Å². The monoisotopic (exact) mass is 303 g/mol. The first-order valence-corrected chi connectivity index (χ1v) is 7.37. The van der Waals surface area contributed by atoms with Gasteiger partial charge in [-0.05, 0) is 37.5 Å². The molecule has 1 fully saturated rings. The van der Waals surface area contributed by atoms with Crippen molar-refractivity contribution in [3.63, 3.8) is 0 Å². The number of aryl methyl sites for hydroxylation is 1. The predicted octanol–water partition coefficient (Wildman–Crippen LogP) is 0.636. The molecule has 6 nitrogen and oxygen atoms in total. The average Bonchev–Trinajstić information content (AvgIpc) is 3.11. The molecule has 1 saturated carbocycles. The largest absolute Gasteiger partial charge is 0.478 e. The Morgan fingerprint density at radius 2 is 2.05 bits per heavy atom. The highest BCUT2D eigenvalue weighted by Crippen LogP contribution is 2.36. The number of aromatic carboxylic acids is 1. The number of rotatable bonds is 5. The second-order valence-corrected chi connectivity index (χ2v) is 6.63. The van der Waals surface area contributed by atoms with Crippen molar-refractivity contribution in [2.75, 3.05) is 6.61 Å². The molecule has 0 atom stereocenters. The highest BCUT2D eigenvalue weighted by Gasteiger charge is 2.45. The number of halogens is 1. The van der Waals surface area contributed by atoms with E-state index in [9.17, 15) is 17.6 Å². The van der Waals surface area contributed by atoms with Gasteiger partial charge in [0.1, 0.15) is 5.82 Å². The summed E-state index contributed by atoms with van der Waals surface area (Å²) in [5.74, 6) is -2.49. The number of carboxylic acids is 1. The van der Waals surface area contributed by atoms with Crippen molar-refractivity contribution in [2.24, 2.45) is 0 Å². The maximum Gasteiger partial charge on any atom is 0.338 e. The van der Waals surface area contributed by atoms with E-state index >= 15 is 0 Å². The van der Waals surface area contributed by atoms with Crippen LogP contribution in [0.4, 0.5) is 4.39 Å². The smallest absolute Gasteiger partial charge is 0.338 e. The number of carboxylic acid groups (broad SMARTS) is 1. The number of benzene rings is 1. The van der Waals surface area contributed by atoms with Crippen molar-refractivity contribution in [3.05, 3.63) is 29.1 Å². The lowest BCUT2D eigenvalue weighted by Gasteiger charge is -2.15. The van der Waals surface area contributed by atoms with Gasteiger partial charge in [0.05, 0.1) is 22.6 Å². The van der Waals surface area contributed by atoms with Crippen LogP contribution in [0.25, 0.3) is 0 Å². The summed E-state index contributed by atoms with van der Waals surface area (Å²) < 4.78 is 40.2. The fraction of sp³-hybridized carbons (Fsp3) is 0.417. The zero-order valence-corrected chi connectivity index (χ0v) is 11.5. The van der Waals surface area contributed by atoms with E-state index in [2.05, 4.69) is 4.72 Å². The Morgan fingerprint density at radius 1 is 1.45 bits per heavy atom. The summed E-state index contributed by atoms with van der Waals surface area (Å²) in [6.07, 6.45) is 1.02. The van der Waals surface area contributed by atoms with Crippen LogP contribution in [-0.4, -0.2) is 36.7 Å². The predicted molar refractivity (Wildman–Crippen MR) is 67.5 cm³/mol. The summed E-state index contributed by atoms with van der Waals surface area (Å²) in [4.78, 5) is 10.6. The van der Waals surface area contributed by atoms with Gasteiger partial charge in [-0.2, -0.15) is 0 Å². The first kappa shape index (κ1) is 14.9. The van der Waals surface area contributed by atoms with Crippen LogP contribution >= 0.6 is 0 Å². The molecular formula is C12H14FNO5S. The third-order valence-corrected chi connectivity index (χ3v) is 4.83. The summed E-state index contributed by atoms with van der Waals surface area (Å²) in [6.45, 7) is 0.956. The highest BCUT2D eigenvalue weighted by atomic mass is 32.2. The molecule has 0 amide bonds. The Morgan fingerprint density at radius 3 is 2.50 bits per heavy atom. The molecule has 1 aliphatic rings. The number of aliphatic hydroxyl groups is 1. The van der Waals surface area contributed by atoms with Crippen LogP contribution in [0, 0.1) is 12.7 Å². The molecule has 0 bridgehead atoms. The van der Waals surface area contributed by atoms with E-state index in [1.165, 1.54) is 6.92 Å². The van der Waals surface area contributed by atoms with E-state index in [1.54, 1.807) is 0 Å². The molecule has 0 aromatic heterocycles. The molecule has 0 aliphatic heterocycles. The molecule has 2 rings (SSSR count). The van der Waals surface area contributed by atoms with Gasteiger partial charge in [-0.3, -0.25) is 0 Å². The minimum atomic E-state index is -4.00. The van der Waals surface area contributed by atoms with Crippen LogP contribution in [0.15, 0.2) is 17.0 Å². The molecule has 20 heavy (non-hydrogen) atoms. The number of hydrogen-bond donors (Lipinski definition) is 3. The molecule has 1 aliphatic carbocycles. The topological polar surface area (TPSA) is 104 Å². The molecule has 0 heterocycles. The molecule has 0 radical (unpaired) electrons. The molecule has 1 aromatic rings. The minimum absolute atomic E-state index is 0.0703. The highest BCUT2D eigenvalue weighted by molar-refractivity contribution is 7.89. The Balaban J connectivity index is 2.44. The van der Waals surface area contributed by atoms with Crippen LogP contribution in [0.3, 0.4) is 0 Å². The zero-order chi connectivity index (χ0) is 15.1. The Bertz CT molecular complexity index is 667. The molecule has 3 N–H and O–H groups in total. The maximum absolute atomic E-state index is 13.6. The molecule has 1 aromatic carbocycles. The summed E-state index contributed by atoms with van der Waals surface area (Å²) in [6, 6.07) is 1.85. The van der Waals surface area contributed by atoms with Crippen molar-refractivity contribution in [1.29, 1.82) is 0 Å². The molecular weight excluding hydrogens is 289 g/mol. The van der Waals surface area contributed by atoms with E-state index in [0.29, 0.717) is 12.8 Å². The van der Waals surface area contributed by atoms with Gasteiger partial charge in [-0.1, -0.05) is 0 Å². The van der Waals surface area contributed by atoms with Crippen LogP contribution in [-0.2, 0) is 10.0 Å². The molecule has 0 saturated heterocycles. The first-order valence-electron chi connectivity index (χ1n) is 5.89. The maximum atomic E-state index is 13.6. The number of aliphatic hydroxyl groups excluding tert-OH is 1. The minimum Gasteiger partial charge on any atom is -0.478 e. The summed E-state index contributed by atoms with van der Waals surface area (Å²) >= 11 is 0. The fourth-order valence-electron chi connectivity index (χ4n) is 1.83. The normalized spacial score (nSPS) is 16.9. The lowest BCUT2D eigenvalue weighted by atomic mass is 10.1. The summed E-state index contributed by atoms with van der Waals surface area (Å²) in [7, 11) is -4.00. The van der Waals surface area contributed by atoms with Crippen LogP contribution in [0.5, 0.6) is 0 Å². The molecule has 0 unspecified atom stereocenters. The van der Waals surface area contributed by atoms with E-state index in [4.69, 9.17) is 10.2 Å². The van der Waals surface area contributed by atoms with Crippen molar-refractivity contribution in [1.82, 2.24) is 4.72 Å². The SMILES string of the molecule is Cc1cc(S(=O)(=O)NC2(CO)CC2)cc(C(=O)O)c1F. The number of sulfonamides is 1. The van der Waals surface area contributed by atoms with Crippen molar-refractivity contribution in [2.45, 2.75) is 30.2 Å². The van der Waals surface area contributed by atoms with Gasteiger partial charge in [-0.15, -0.1) is 0 Å². The lowest BCUT2D eigenvalue weighted by molar-refractivity contribution is 0.0691. The fourth-order valence-corrected chi connectivity index (χ4v) is 3.40. The summed E-state index contributed by atoms with van der Waals surface area (Å²) in [5.41, 5.74) is -1.64. The Labute approximate surface area is 115 Å². The van der Waals surface area contributed by atoms with Gasteiger partial charge in [0.2, 0.25) is 10.0 Å². The lowest BCUT2D eigenvalue weighted by Crippen LogP contribution is -2.39. The van der Waals surface area contributed by atoms with Crippen LogP contribution < -0.4 is 4.72 Å². The summed E-state index contributed by atoms with van der Waals surface area (Å²) in [5, 5.41) is 18.0. The molecule has 0 spiro atoms. The Hall–Kier alpha value is -1.51. The van der Waals surface area contributed by atoms with Gasteiger partial charge in [0.15, 0.2) is 0 Å². The first-order chi connectivity index (χ1) is 9.21. The van der Waals surface area contributed by atoms with Crippen LogP contribution in [0.1, 0.15) is 28.8 Å². The van der Waals surface area contributed by atoms with Gasteiger partial charge in [-0.25, -0.2) is 22.3 Å². The van der Waals surface area contributed by atoms with Gasteiger partial charge < -0.3 is 10.2 Å². The van der Waals surface area contributed by atoms with Crippen LogP contribution in [0.2, 0.25) is 0 Å². The quantitative estimate of drug-likeness (QED) is 0.740. The van der Waals surface area contributed by atoms with E-state index in [0.717, 1.165) is 12.1 Å². The molecule has 8 heteroatoms. The second kappa shape index (κ2) is 4.80. The number of hydrogen-bond acceptors (Lipinski definition) is 4. The third-order valence-electron chi connectivity index (χ3n) is 3.28. The zero-order valence-electron chi connectivity index (χ0n) is 10.7. The number of nitrogens with one attached hydrogen (secondary N) is 1.